The monoisotopic (exact) mass is 380 g/mol. The maximum absolute atomic E-state index is 5.58. The van der Waals surface area contributed by atoms with Crippen LogP contribution in [0.5, 0.6) is 0 Å². The molecule has 0 amide bonds. The Labute approximate surface area is 178 Å². The second kappa shape index (κ2) is 8.83. The van der Waals surface area contributed by atoms with Gasteiger partial charge < -0.3 is 0 Å². The molecule has 0 spiro atoms. The van der Waals surface area contributed by atoms with Gasteiger partial charge in [0.25, 0.3) is 0 Å². The smallest absolute Gasteiger partial charge is 0.0243 e. The van der Waals surface area contributed by atoms with Gasteiger partial charge in [0.15, 0.2) is 0 Å². The molecule has 0 aromatic heterocycles. The Kier molecular flexibility index (Phi) is 5.61. The summed E-state index contributed by atoms with van der Waals surface area (Å²) >= 11 is 0. The van der Waals surface area contributed by atoms with E-state index in [4.69, 9.17) is 12.8 Å². The van der Waals surface area contributed by atoms with Crippen LogP contribution in [0.15, 0.2) is 109 Å². The molecule has 0 aliphatic heterocycles. The zero-order valence-corrected chi connectivity index (χ0v) is 16.5. The van der Waals surface area contributed by atoms with Crippen molar-refractivity contribution in [2.24, 2.45) is 0 Å². The van der Waals surface area contributed by atoms with Crippen molar-refractivity contribution in [3.05, 3.63) is 143 Å². The van der Waals surface area contributed by atoms with Crippen molar-refractivity contribution in [3.63, 3.8) is 0 Å². The molecule has 0 saturated heterocycles. The van der Waals surface area contributed by atoms with Gasteiger partial charge in [-0.1, -0.05) is 96.8 Å². The minimum absolute atomic E-state index is 0.866. The van der Waals surface area contributed by atoms with E-state index >= 15 is 0 Å². The molecule has 0 bridgehead atoms. The predicted molar refractivity (Wildman–Crippen MR) is 127 cm³/mol. The molecular formula is C30H20. The fourth-order valence-corrected chi connectivity index (χ4v) is 3.59. The fraction of sp³-hybridized carbons (Fsp3) is 0. The molecule has 4 aromatic carbocycles. The second-order valence-electron chi connectivity index (χ2n) is 6.93. The maximum Gasteiger partial charge on any atom is 0.0243 e. The van der Waals surface area contributed by atoms with E-state index in [1.165, 1.54) is 0 Å². The molecule has 0 N–H and O–H groups in total. The van der Waals surface area contributed by atoms with Gasteiger partial charge in [-0.2, -0.15) is 0 Å². The fourth-order valence-electron chi connectivity index (χ4n) is 3.59. The van der Waals surface area contributed by atoms with Crippen molar-refractivity contribution in [2.45, 2.75) is 0 Å². The molecule has 0 fully saturated rings. The Morgan fingerprint density at radius 1 is 0.400 bits per heavy atom. The average Bonchev–Trinajstić information content (AvgIpc) is 2.84. The van der Waals surface area contributed by atoms with Crippen LogP contribution >= 0.6 is 0 Å². The lowest BCUT2D eigenvalue weighted by Crippen LogP contribution is -1.97. The lowest BCUT2D eigenvalue weighted by atomic mass is 9.85. The molecule has 0 heteroatoms. The minimum Gasteiger partial charge on any atom is -0.115 e. The molecule has 30 heavy (non-hydrogen) atoms. The number of benzene rings is 4. The standard InChI is InChI=1S/C30H20/c1-3-23-15-19-27(20-16-23)29(25-11-7-5-8-12-25)30(26-13-9-6-10-14-26)28-21-17-24(4-2)18-22-28/h1-2,5-22H/b30-29-. The minimum atomic E-state index is 0.866. The summed E-state index contributed by atoms with van der Waals surface area (Å²) < 4.78 is 0. The van der Waals surface area contributed by atoms with Crippen LogP contribution in [0.25, 0.3) is 11.1 Å². The van der Waals surface area contributed by atoms with Crippen LogP contribution in [-0.2, 0) is 0 Å². The largest absolute Gasteiger partial charge is 0.115 e. The summed E-state index contributed by atoms with van der Waals surface area (Å²) in [4.78, 5) is 0. The molecule has 0 radical (unpaired) electrons. The van der Waals surface area contributed by atoms with Gasteiger partial charge in [0.1, 0.15) is 0 Å². The number of rotatable bonds is 4. The van der Waals surface area contributed by atoms with Crippen molar-refractivity contribution in [2.75, 3.05) is 0 Å². The van der Waals surface area contributed by atoms with Gasteiger partial charge in [-0.25, -0.2) is 0 Å². The van der Waals surface area contributed by atoms with Gasteiger partial charge in [-0.05, 0) is 57.7 Å². The Bertz CT molecular complexity index is 1140. The third-order valence-electron chi connectivity index (χ3n) is 5.06. The highest BCUT2D eigenvalue weighted by atomic mass is 14.2. The molecule has 0 nitrogen and oxygen atoms in total. The highest BCUT2D eigenvalue weighted by Gasteiger charge is 2.16. The zero-order valence-electron chi connectivity index (χ0n) is 16.5. The molecule has 4 rings (SSSR count). The van der Waals surface area contributed by atoms with Gasteiger partial charge >= 0.3 is 0 Å². The van der Waals surface area contributed by atoms with Crippen molar-refractivity contribution in [3.8, 4) is 24.7 Å². The van der Waals surface area contributed by atoms with E-state index < -0.39 is 0 Å². The van der Waals surface area contributed by atoms with E-state index in [1.54, 1.807) is 0 Å². The number of hydrogen-bond acceptors (Lipinski definition) is 0. The van der Waals surface area contributed by atoms with Crippen LogP contribution < -0.4 is 0 Å². The lowest BCUT2D eigenvalue weighted by molar-refractivity contribution is 1.49. The third-order valence-corrected chi connectivity index (χ3v) is 5.06. The summed E-state index contributed by atoms with van der Waals surface area (Å²) in [5.74, 6) is 5.41. The van der Waals surface area contributed by atoms with Gasteiger partial charge in [0, 0.05) is 11.1 Å². The number of terminal acetylenes is 2. The Morgan fingerprint density at radius 2 is 0.700 bits per heavy atom. The molecule has 0 saturated carbocycles. The summed E-state index contributed by atoms with van der Waals surface area (Å²) in [5.41, 5.74) is 8.55. The predicted octanol–water partition coefficient (Wildman–Crippen LogP) is 6.66. The number of hydrogen-bond donors (Lipinski definition) is 0. The van der Waals surface area contributed by atoms with E-state index in [2.05, 4.69) is 84.6 Å². The molecule has 0 atom stereocenters. The normalized spacial score (nSPS) is 11.1. The Hall–Kier alpha value is -4.26. The lowest BCUT2D eigenvalue weighted by Gasteiger charge is -2.18. The van der Waals surface area contributed by atoms with Crippen molar-refractivity contribution < 1.29 is 0 Å². The van der Waals surface area contributed by atoms with E-state index in [1.807, 2.05) is 36.4 Å². The zero-order chi connectivity index (χ0) is 20.8. The van der Waals surface area contributed by atoms with Crippen LogP contribution in [0.2, 0.25) is 0 Å². The summed E-state index contributed by atoms with van der Waals surface area (Å²) in [6.45, 7) is 0. The third kappa shape index (κ3) is 3.95. The van der Waals surface area contributed by atoms with Gasteiger partial charge in [-0.15, -0.1) is 12.8 Å². The van der Waals surface area contributed by atoms with Crippen molar-refractivity contribution >= 4 is 11.1 Å². The van der Waals surface area contributed by atoms with E-state index in [-0.39, 0.29) is 0 Å². The topological polar surface area (TPSA) is 0 Å². The first-order valence-corrected chi connectivity index (χ1v) is 9.79. The van der Waals surface area contributed by atoms with Crippen LogP contribution in [0.4, 0.5) is 0 Å². The SMILES string of the molecule is C#Cc1ccc(/C(=C(/c2ccccc2)c2ccc(C#C)cc2)c2ccccc2)cc1. The van der Waals surface area contributed by atoms with E-state index in [0.29, 0.717) is 0 Å². The Morgan fingerprint density at radius 3 is 1.00 bits per heavy atom. The van der Waals surface area contributed by atoms with E-state index in [9.17, 15) is 0 Å². The maximum atomic E-state index is 5.58. The quantitative estimate of drug-likeness (QED) is 0.274. The molecule has 0 heterocycles. The van der Waals surface area contributed by atoms with Crippen LogP contribution in [0, 0.1) is 24.7 Å². The first-order chi connectivity index (χ1) is 14.8. The van der Waals surface area contributed by atoms with Crippen molar-refractivity contribution in [1.29, 1.82) is 0 Å². The van der Waals surface area contributed by atoms with Gasteiger partial charge in [0.2, 0.25) is 0 Å². The molecule has 4 aromatic rings. The van der Waals surface area contributed by atoms with E-state index in [0.717, 1.165) is 44.5 Å². The second-order valence-corrected chi connectivity index (χ2v) is 6.93. The average molecular weight is 380 g/mol. The van der Waals surface area contributed by atoms with Crippen LogP contribution in [-0.4, -0.2) is 0 Å². The summed E-state index contributed by atoms with van der Waals surface area (Å²) in [7, 11) is 0. The highest BCUT2D eigenvalue weighted by Crippen LogP contribution is 2.36. The summed E-state index contributed by atoms with van der Waals surface area (Å²) in [6, 6.07) is 37.2. The summed E-state index contributed by atoms with van der Waals surface area (Å²) in [6.07, 6.45) is 11.2. The molecule has 0 unspecified atom stereocenters. The highest BCUT2D eigenvalue weighted by molar-refractivity contribution is 6.04. The first-order valence-electron chi connectivity index (χ1n) is 9.79. The Balaban J connectivity index is 2.06. The first kappa shape index (κ1) is 19.1. The molecule has 0 aliphatic rings. The molecule has 0 aliphatic carbocycles. The van der Waals surface area contributed by atoms with Gasteiger partial charge in [-0.3, -0.25) is 0 Å². The van der Waals surface area contributed by atoms with Gasteiger partial charge in [0.05, 0.1) is 0 Å². The molecule has 140 valence electrons. The van der Waals surface area contributed by atoms with Crippen LogP contribution in [0.3, 0.4) is 0 Å². The van der Waals surface area contributed by atoms with Crippen molar-refractivity contribution in [1.82, 2.24) is 0 Å². The molecular weight excluding hydrogens is 360 g/mol. The summed E-state index contributed by atoms with van der Waals surface area (Å²) in [5, 5.41) is 0. The van der Waals surface area contributed by atoms with Crippen LogP contribution in [0.1, 0.15) is 33.4 Å².